The molecule has 0 saturated carbocycles. The normalized spacial score (nSPS) is 11.0. The van der Waals surface area contributed by atoms with Crippen LogP contribution in [-0.4, -0.2) is 35.6 Å². The molecule has 1 aromatic carbocycles. The van der Waals surface area contributed by atoms with Crippen LogP contribution in [0.15, 0.2) is 30.5 Å². The quantitative estimate of drug-likeness (QED) is 0.846. The molecule has 1 aromatic heterocycles. The summed E-state index contributed by atoms with van der Waals surface area (Å²) in [5.41, 5.74) is 1.05. The van der Waals surface area contributed by atoms with Gasteiger partial charge in [-0.3, -0.25) is 4.79 Å². The number of hydrogen-bond donors (Lipinski definition) is 0. The van der Waals surface area contributed by atoms with Crippen LogP contribution in [0.1, 0.15) is 13.8 Å². The highest BCUT2D eigenvalue weighted by Crippen LogP contribution is 2.22. The van der Waals surface area contributed by atoms with Crippen LogP contribution in [0.5, 0.6) is 5.75 Å². The smallest absolute Gasteiger partial charge is 0.241 e. The van der Waals surface area contributed by atoms with Crippen LogP contribution in [0.3, 0.4) is 0 Å². The number of fused-ring (bicyclic) bond motifs is 1. The third kappa shape index (κ3) is 3.08. The van der Waals surface area contributed by atoms with Crippen LogP contribution >= 0.6 is 0 Å². The van der Waals surface area contributed by atoms with Crippen molar-refractivity contribution in [3.63, 3.8) is 0 Å². The third-order valence-corrected chi connectivity index (χ3v) is 2.92. The summed E-state index contributed by atoms with van der Waals surface area (Å²) in [7, 11) is 3.53. The van der Waals surface area contributed by atoms with E-state index in [1.165, 1.54) is 0 Å². The lowest BCUT2D eigenvalue weighted by molar-refractivity contribution is -0.129. The fraction of sp³-hybridized carbons (Fsp3) is 0.400. The van der Waals surface area contributed by atoms with Crippen molar-refractivity contribution in [2.24, 2.45) is 0 Å². The second kappa shape index (κ2) is 5.34. The van der Waals surface area contributed by atoms with Gasteiger partial charge in [-0.1, -0.05) is 0 Å². The number of benzene rings is 1. The molecule has 2 rings (SSSR count). The summed E-state index contributed by atoms with van der Waals surface area (Å²) in [5, 5.41) is 1.09. The van der Waals surface area contributed by atoms with Gasteiger partial charge in [-0.15, -0.1) is 0 Å². The van der Waals surface area contributed by atoms with Gasteiger partial charge in [-0.25, -0.2) is 0 Å². The number of nitrogens with zero attached hydrogens (tertiary/aromatic N) is 2. The first kappa shape index (κ1) is 13.5. The number of rotatable bonds is 4. The molecule has 0 aliphatic carbocycles. The Morgan fingerprint density at radius 3 is 2.68 bits per heavy atom. The van der Waals surface area contributed by atoms with Gasteiger partial charge < -0.3 is 14.2 Å². The molecular weight excluding hydrogens is 240 g/mol. The number of ether oxygens (including phenoxy) is 1. The highest BCUT2D eigenvalue weighted by Gasteiger charge is 2.08. The lowest BCUT2D eigenvalue weighted by atomic mass is 10.2. The molecule has 19 heavy (non-hydrogen) atoms. The van der Waals surface area contributed by atoms with E-state index in [-0.39, 0.29) is 12.0 Å². The summed E-state index contributed by atoms with van der Waals surface area (Å²) in [6.07, 6.45) is 2.10. The second-order valence-electron chi connectivity index (χ2n) is 5.12. The topological polar surface area (TPSA) is 34.5 Å². The molecule has 0 N–H and O–H groups in total. The molecule has 0 radical (unpaired) electrons. The molecular formula is C15H20N2O2. The van der Waals surface area contributed by atoms with Crippen LogP contribution in [0, 0.1) is 0 Å². The molecule has 2 aromatic rings. The summed E-state index contributed by atoms with van der Waals surface area (Å²) in [4.78, 5) is 13.3. The van der Waals surface area contributed by atoms with E-state index in [1.54, 1.807) is 19.0 Å². The predicted octanol–water partition coefficient (Wildman–Crippen LogP) is 2.52. The lowest BCUT2D eigenvalue weighted by Crippen LogP contribution is -2.25. The van der Waals surface area contributed by atoms with E-state index >= 15 is 0 Å². The molecule has 0 unspecified atom stereocenters. The number of likely N-dealkylation sites (N-methyl/N-ethyl adjacent to an activating group) is 1. The number of carbonyl (C=O) groups excluding carboxylic acids is 1. The largest absolute Gasteiger partial charge is 0.491 e. The molecule has 0 aliphatic heterocycles. The first-order chi connectivity index (χ1) is 8.97. The van der Waals surface area contributed by atoms with E-state index < -0.39 is 0 Å². The Morgan fingerprint density at radius 2 is 2.05 bits per heavy atom. The van der Waals surface area contributed by atoms with Gasteiger partial charge in [0, 0.05) is 31.2 Å². The van der Waals surface area contributed by atoms with E-state index in [1.807, 2.05) is 48.9 Å². The van der Waals surface area contributed by atoms with Crippen molar-refractivity contribution in [3.8, 4) is 5.75 Å². The van der Waals surface area contributed by atoms with Gasteiger partial charge in [0.15, 0.2) is 0 Å². The van der Waals surface area contributed by atoms with E-state index in [0.29, 0.717) is 6.54 Å². The van der Waals surface area contributed by atoms with Crippen molar-refractivity contribution < 1.29 is 9.53 Å². The highest BCUT2D eigenvalue weighted by atomic mass is 16.5. The van der Waals surface area contributed by atoms with Crippen LogP contribution in [0.4, 0.5) is 0 Å². The maximum Gasteiger partial charge on any atom is 0.241 e. The zero-order valence-corrected chi connectivity index (χ0v) is 11.9. The van der Waals surface area contributed by atoms with E-state index in [2.05, 4.69) is 0 Å². The van der Waals surface area contributed by atoms with Crippen molar-refractivity contribution in [1.82, 2.24) is 9.47 Å². The van der Waals surface area contributed by atoms with Gasteiger partial charge in [0.1, 0.15) is 12.3 Å². The van der Waals surface area contributed by atoms with Gasteiger partial charge in [-0.05, 0) is 38.1 Å². The van der Waals surface area contributed by atoms with Gasteiger partial charge in [0.2, 0.25) is 5.91 Å². The minimum absolute atomic E-state index is 0.0833. The minimum atomic E-state index is 0.0833. The number of hydrogen-bond acceptors (Lipinski definition) is 2. The highest BCUT2D eigenvalue weighted by molar-refractivity contribution is 5.84. The van der Waals surface area contributed by atoms with E-state index in [0.717, 1.165) is 16.7 Å². The fourth-order valence-electron chi connectivity index (χ4n) is 1.95. The summed E-state index contributed by atoms with van der Waals surface area (Å²) in [6, 6.07) is 7.95. The summed E-state index contributed by atoms with van der Waals surface area (Å²) in [6.45, 7) is 4.37. The Morgan fingerprint density at radius 1 is 1.32 bits per heavy atom. The predicted molar refractivity (Wildman–Crippen MR) is 76.4 cm³/mol. The Kier molecular flexibility index (Phi) is 3.79. The van der Waals surface area contributed by atoms with Crippen molar-refractivity contribution in [3.05, 3.63) is 30.5 Å². The summed E-state index contributed by atoms with van der Waals surface area (Å²) in [5.74, 6) is 0.944. The van der Waals surface area contributed by atoms with Crippen LogP contribution in [0.2, 0.25) is 0 Å². The molecule has 0 aliphatic rings. The van der Waals surface area contributed by atoms with Crippen LogP contribution in [-0.2, 0) is 11.3 Å². The SMILES string of the molecule is CC(C)Oc1ccc2c(ccn2CC(=O)N(C)C)c1. The van der Waals surface area contributed by atoms with Crippen LogP contribution < -0.4 is 4.74 Å². The van der Waals surface area contributed by atoms with Crippen molar-refractivity contribution in [1.29, 1.82) is 0 Å². The zero-order valence-electron chi connectivity index (χ0n) is 11.9. The van der Waals surface area contributed by atoms with E-state index in [9.17, 15) is 4.79 Å². The average Bonchev–Trinajstić information content (AvgIpc) is 2.71. The molecule has 4 heteroatoms. The first-order valence-corrected chi connectivity index (χ1v) is 6.43. The number of amides is 1. The Balaban J connectivity index is 2.26. The fourth-order valence-corrected chi connectivity index (χ4v) is 1.95. The van der Waals surface area contributed by atoms with Crippen molar-refractivity contribution in [2.45, 2.75) is 26.5 Å². The number of carbonyl (C=O) groups is 1. The molecule has 1 heterocycles. The monoisotopic (exact) mass is 260 g/mol. The Bertz CT molecular complexity index is 585. The summed E-state index contributed by atoms with van der Waals surface area (Å²) >= 11 is 0. The maximum atomic E-state index is 11.7. The molecule has 0 bridgehead atoms. The Hall–Kier alpha value is -1.97. The third-order valence-electron chi connectivity index (χ3n) is 2.92. The first-order valence-electron chi connectivity index (χ1n) is 6.43. The van der Waals surface area contributed by atoms with Gasteiger partial charge in [-0.2, -0.15) is 0 Å². The van der Waals surface area contributed by atoms with Crippen molar-refractivity contribution >= 4 is 16.8 Å². The molecule has 0 spiro atoms. The summed E-state index contributed by atoms with van der Waals surface area (Å²) < 4.78 is 7.62. The van der Waals surface area contributed by atoms with Crippen LogP contribution in [0.25, 0.3) is 10.9 Å². The Labute approximate surface area is 113 Å². The molecule has 102 valence electrons. The second-order valence-corrected chi connectivity index (χ2v) is 5.12. The molecule has 0 fully saturated rings. The average molecular weight is 260 g/mol. The number of aromatic nitrogens is 1. The molecule has 0 atom stereocenters. The minimum Gasteiger partial charge on any atom is -0.491 e. The molecule has 0 saturated heterocycles. The lowest BCUT2D eigenvalue weighted by Gasteiger charge is -2.12. The maximum absolute atomic E-state index is 11.7. The molecule has 4 nitrogen and oxygen atoms in total. The van der Waals surface area contributed by atoms with Crippen molar-refractivity contribution in [2.75, 3.05) is 14.1 Å². The van der Waals surface area contributed by atoms with Gasteiger partial charge in [0.05, 0.1) is 6.10 Å². The standard InChI is InChI=1S/C15H20N2O2/c1-11(2)19-13-5-6-14-12(9-13)7-8-17(14)10-15(18)16(3)4/h5-9,11H,10H2,1-4H3. The van der Waals surface area contributed by atoms with E-state index in [4.69, 9.17) is 4.74 Å². The molecule has 1 amide bonds. The zero-order chi connectivity index (χ0) is 14.0. The van der Waals surface area contributed by atoms with Gasteiger partial charge >= 0.3 is 0 Å². The van der Waals surface area contributed by atoms with Gasteiger partial charge in [0.25, 0.3) is 0 Å².